The molecule has 2 aromatic carbocycles. The molecule has 31 heavy (non-hydrogen) atoms. The summed E-state index contributed by atoms with van der Waals surface area (Å²) in [6, 6.07) is 14.2. The van der Waals surface area contributed by atoms with Crippen LogP contribution in [0.4, 0.5) is 4.79 Å². The third-order valence-corrected chi connectivity index (χ3v) is 5.89. The van der Waals surface area contributed by atoms with Gasteiger partial charge < -0.3 is 24.1 Å². The van der Waals surface area contributed by atoms with Crippen molar-refractivity contribution in [2.24, 2.45) is 0 Å². The van der Waals surface area contributed by atoms with E-state index in [1.54, 1.807) is 62.8 Å². The van der Waals surface area contributed by atoms with Crippen LogP contribution in [0.1, 0.15) is 17.2 Å². The first-order valence-electron chi connectivity index (χ1n) is 10.4. The lowest BCUT2D eigenvalue weighted by Crippen LogP contribution is -2.49. The molecular formula is C23H28N2O6. The normalized spacial score (nSPS) is 24.2. The highest BCUT2D eigenvalue weighted by atomic mass is 16.6. The summed E-state index contributed by atoms with van der Waals surface area (Å²) in [5.41, 5.74) is -0.423. The maximum Gasteiger partial charge on any atom is 0.413 e. The van der Waals surface area contributed by atoms with Crippen LogP contribution in [0.2, 0.25) is 0 Å². The van der Waals surface area contributed by atoms with Crippen LogP contribution in [-0.4, -0.2) is 74.6 Å². The molecule has 0 saturated carbocycles. The van der Waals surface area contributed by atoms with Gasteiger partial charge >= 0.3 is 6.09 Å². The first kappa shape index (κ1) is 21.4. The molecule has 0 radical (unpaired) electrons. The molecule has 2 fully saturated rings. The second-order valence-electron chi connectivity index (χ2n) is 7.60. The van der Waals surface area contributed by atoms with E-state index in [4.69, 9.17) is 18.9 Å². The van der Waals surface area contributed by atoms with Crippen LogP contribution in [0.25, 0.3) is 0 Å². The van der Waals surface area contributed by atoms with Crippen LogP contribution in [0, 0.1) is 0 Å². The van der Waals surface area contributed by atoms with Gasteiger partial charge in [-0.2, -0.15) is 0 Å². The zero-order valence-electron chi connectivity index (χ0n) is 17.8. The number of methoxy groups -OCH3 is 2. The number of hydrogen-bond acceptors (Lipinski definition) is 7. The largest absolute Gasteiger partial charge is 0.497 e. The predicted octanol–water partition coefficient (Wildman–Crippen LogP) is 2.37. The van der Waals surface area contributed by atoms with Crippen molar-refractivity contribution in [3.8, 4) is 11.5 Å². The van der Waals surface area contributed by atoms with Crippen molar-refractivity contribution in [2.75, 3.05) is 53.6 Å². The quantitative estimate of drug-likeness (QED) is 0.725. The second-order valence-corrected chi connectivity index (χ2v) is 7.60. The molecule has 1 amide bonds. The SMILES string of the molecule is COc1ccc([C@H]2OC(=O)N(CCN3CCOCC3)[C@]2(O)c2ccc(OC)cc2)cc1. The van der Waals surface area contributed by atoms with E-state index >= 15 is 0 Å². The van der Waals surface area contributed by atoms with E-state index in [0.29, 0.717) is 48.9 Å². The molecule has 1 N–H and O–H groups in total. The zero-order valence-corrected chi connectivity index (χ0v) is 17.8. The number of morpholine rings is 1. The van der Waals surface area contributed by atoms with Crippen molar-refractivity contribution < 1.29 is 28.8 Å². The van der Waals surface area contributed by atoms with Gasteiger partial charge in [-0.25, -0.2) is 4.79 Å². The van der Waals surface area contributed by atoms with Crippen LogP contribution in [-0.2, 0) is 15.2 Å². The fourth-order valence-electron chi connectivity index (χ4n) is 4.08. The Kier molecular flexibility index (Phi) is 6.31. The molecule has 0 aliphatic carbocycles. The first-order chi connectivity index (χ1) is 15.1. The van der Waals surface area contributed by atoms with Crippen molar-refractivity contribution in [1.82, 2.24) is 9.80 Å². The van der Waals surface area contributed by atoms with Crippen LogP contribution < -0.4 is 9.47 Å². The van der Waals surface area contributed by atoms with Crippen molar-refractivity contribution >= 4 is 6.09 Å². The van der Waals surface area contributed by atoms with E-state index < -0.39 is 17.9 Å². The highest BCUT2D eigenvalue weighted by Crippen LogP contribution is 2.47. The van der Waals surface area contributed by atoms with Gasteiger partial charge in [0.25, 0.3) is 0 Å². The van der Waals surface area contributed by atoms with Gasteiger partial charge in [-0.3, -0.25) is 9.80 Å². The molecule has 2 saturated heterocycles. The van der Waals surface area contributed by atoms with Crippen LogP contribution in [0.15, 0.2) is 48.5 Å². The Labute approximate surface area is 181 Å². The van der Waals surface area contributed by atoms with E-state index in [9.17, 15) is 9.90 Å². The predicted molar refractivity (Wildman–Crippen MR) is 113 cm³/mol. The summed E-state index contributed by atoms with van der Waals surface area (Å²) >= 11 is 0. The molecule has 8 heteroatoms. The second kappa shape index (κ2) is 9.13. The summed E-state index contributed by atoms with van der Waals surface area (Å²) < 4.78 is 21.6. The number of amides is 1. The van der Waals surface area contributed by atoms with Gasteiger partial charge in [0.05, 0.1) is 27.4 Å². The zero-order chi connectivity index (χ0) is 21.8. The fourth-order valence-corrected chi connectivity index (χ4v) is 4.08. The molecule has 4 rings (SSSR count). The van der Waals surface area contributed by atoms with Gasteiger partial charge in [0, 0.05) is 31.7 Å². The van der Waals surface area contributed by atoms with Crippen LogP contribution in [0.3, 0.4) is 0 Å². The number of carbonyl (C=O) groups excluding carboxylic acids is 1. The third-order valence-electron chi connectivity index (χ3n) is 5.89. The molecule has 2 heterocycles. The Balaban J connectivity index is 1.66. The molecule has 8 nitrogen and oxygen atoms in total. The van der Waals surface area contributed by atoms with E-state index in [1.165, 1.54) is 4.90 Å². The summed E-state index contributed by atoms with van der Waals surface area (Å²) in [4.78, 5) is 16.5. The van der Waals surface area contributed by atoms with E-state index in [2.05, 4.69) is 4.90 Å². The Morgan fingerprint density at radius 3 is 2.13 bits per heavy atom. The van der Waals surface area contributed by atoms with Gasteiger partial charge in [-0.05, 0) is 29.8 Å². The molecule has 2 atom stereocenters. The molecule has 0 spiro atoms. The summed E-state index contributed by atoms with van der Waals surface area (Å²) in [5, 5.41) is 12.0. The number of rotatable bonds is 7. The molecule has 166 valence electrons. The number of nitrogens with zero attached hydrogens (tertiary/aromatic N) is 2. The lowest BCUT2D eigenvalue weighted by atomic mass is 9.91. The average molecular weight is 428 g/mol. The van der Waals surface area contributed by atoms with Crippen molar-refractivity contribution in [3.63, 3.8) is 0 Å². The number of benzene rings is 2. The third kappa shape index (κ3) is 4.19. The Hall–Kier alpha value is -2.81. The van der Waals surface area contributed by atoms with Crippen molar-refractivity contribution in [2.45, 2.75) is 11.8 Å². The first-order valence-corrected chi connectivity index (χ1v) is 10.4. The van der Waals surface area contributed by atoms with E-state index in [-0.39, 0.29) is 0 Å². The van der Waals surface area contributed by atoms with Crippen LogP contribution in [0.5, 0.6) is 11.5 Å². The Bertz CT molecular complexity index is 882. The molecular weight excluding hydrogens is 400 g/mol. The number of cyclic esters (lactones) is 1. The Morgan fingerprint density at radius 2 is 1.55 bits per heavy atom. The fraction of sp³-hybridized carbons (Fsp3) is 0.435. The van der Waals surface area contributed by atoms with E-state index in [0.717, 1.165) is 13.1 Å². The summed E-state index contributed by atoms with van der Waals surface area (Å²) in [5.74, 6) is 1.35. The lowest BCUT2D eigenvalue weighted by Gasteiger charge is -2.36. The summed E-state index contributed by atoms with van der Waals surface area (Å²) in [6.07, 6.45) is -1.43. The number of carbonyl (C=O) groups is 1. The minimum Gasteiger partial charge on any atom is -0.497 e. The number of hydrogen-bond donors (Lipinski definition) is 1. The number of aliphatic hydroxyl groups is 1. The van der Waals surface area contributed by atoms with Gasteiger partial charge in [-0.1, -0.05) is 24.3 Å². The maximum atomic E-state index is 12.9. The van der Waals surface area contributed by atoms with E-state index in [1.807, 2.05) is 0 Å². The molecule has 0 bridgehead atoms. The smallest absolute Gasteiger partial charge is 0.413 e. The molecule has 0 unspecified atom stereocenters. The number of ether oxygens (including phenoxy) is 4. The maximum absolute atomic E-state index is 12.9. The highest BCUT2D eigenvalue weighted by molar-refractivity contribution is 5.72. The summed E-state index contributed by atoms with van der Waals surface area (Å²) in [6.45, 7) is 3.88. The van der Waals surface area contributed by atoms with Gasteiger partial charge in [0.2, 0.25) is 5.72 Å². The van der Waals surface area contributed by atoms with Gasteiger partial charge in [0.1, 0.15) is 11.5 Å². The van der Waals surface area contributed by atoms with Crippen molar-refractivity contribution in [1.29, 1.82) is 0 Å². The lowest BCUT2D eigenvalue weighted by molar-refractivity contribution is -0.112. The van der Waals surface area contributed by atoms with Crippen molar-refractivity contribution in [3.05, 3.63) is 59.7 Å². The minimum atomic E-state index is -1.66. The summed E-state index contributed by atoms with van der Waals surface area (Å²) in [7, 11) is 3.17. The highest BCUT2D eigenvalue weighted by Gasteiger charge is 2.56. The molecule has 2 aromatic rings. The monoisotopic (exact) mass is 428 g/mol. The van der Waals surface area contributed by atoms with Gasteiger partial charge in [0.15, 0.2) is 6.10 Å². The molecule has 2 aliphatic heterocycles. The standard InChI is InChI=1S/C23H28N2O6/c1-28-19-7-3-17(4-8-19)21-23(27,18-5-9-20(29-2)10-6-18)25(22(26)31-21)12-11-24-13-15-30-16-14-24/h3-10,21,27H,11-16H2,1-2H3/t21-,23+/m1/s1. The Morgan fingerprint density at radius 1 is 0.968 bits per heavy atom. The molecule has 2 aliphatic rings. The van der Waals surface area contributed by atoms with Gasteiger partial charge in [-0.15, -0.1) is 0 Å². The molecule has 0 aromatic heterocycles. The minimum absolute atomic E-state index is 0.327. The average Bonchev–Trinajstić information content (AvgIpc) is 3.09. The topological polar surface area (TPSA) is 80.7 Å². The van der Waals surface area contributed by atoms with Crippen LogP contribution >= 0.6 is 0 Å².